The Labute approximate surface area is 318 Å². The van der Waals surface area contributed by atoms with Crippen molar-refractivity contribution >= 4 is 76.8 Å². The first kappa shape index (κ1) is 31.6. The average molecular weight is 774 g/mol. The summed E-state index contributed by atoms with van der Waals surface area (Å²) in [7, 11) is 0. The summed E-state index contributed by atoms with van der Waals surface area (Å²) in [6.07, 6.45) is 1.83. The number of imidazole rings is 2. The molecule has 5 aromatic heterocycles. The van der Waals surface area contributed by atoms with E-state index in [-0.39, 0.29) is 20.4 Å². The molecule has 0 amide bonds. The maximum absolute atomic E-state index is 6.57. The van der Waals surface area contributed by atoms with Crippen LogP contribution in [0.5, 0.6) is 11.5 Å². The minimum atomic E-state index is 0. The van der Waals surface area contributed by atoms with Gasteiger partial charge in [0.05, 0.1) is 44.4 Å². The Bertz CT molecular complexity index is 3300. The second-order valence-corrected chi connectivity index (χ2v) is 13.7. The molecular formula is C46H29N5OPd. The van der Waals surface area contributed by atoms with E-state index < -0.39 is 0 Å². The van der Waals surface area contributed by atoms with Crippen molar-refractivity contribution in [2.45, 2.75) is 20.8 Å². The summed E-state index contributed by atoms with van der Waals surface area (Å²) in [5, 5.41) is 4.92. The number of aryl methyl sites for hydroxylation is 3. The molecule has 0 atom stereocenters. The van der Waals surface area contributed by atoms with Gasteiger partial charge in [0, 0.05) is 23.2 Å². The van der Waals surface area contributed by atoms with Crippen molar-refractivity contribution in [1.82, 2.24) is 23.8 Å². The first-order valence-corrected chi connectivity index (χ1v) is 17.5. The Hall–Kier alpha value is -6.13. The topological polar surface area (TPSA) is 56.7 Å². The Morgan fingerprint density at radius 3 is 1.79 bits per heavy atom. The number of rotatable bonds is 3. The summed E-state index contributed by atoms with van der Waals surface area (Å²) in [4.78, 5) is 15.0. The fourth-order valence-electron chi connectivity index (χ4n) is 8.36. The third-order valence-electron chi connectivity index (χ3n) is 10.4. The SMILES string of the molecule is Cc1cc(C)c(-c2ccc3c4ccc(Oc5[c-]c6c(cc5)c5ncccc5n5c7ccccc7nc65)[c-]c4c4nc5ccccc5n4c3c2)c(C)c1.[Pd+2]. The van der Waals surface area contributed by atoms with Crippen molar-refractivity contribution in [3.8, 4) is 22.6 Å². The van der Waals surface area contributed by atoms with Crippen LogP contribution in [-0.2, 0) is 20.4 Å². The molecule has 7 heteroatoms. The van der Waals surface area contributed by atoms with Crippen LogP contribution in [0.1, 0.15) is 16.7 Å². The second kappa shape index (κ2) is 11.7. The number of nitrogens with zero attached hydrogens (tertiary/aromatic N) is 5. The molecule has 5 heterocycles. The van der Waals surface area contributed by atoms with Crippen LogP contribution < -0.4 is 4.74 Å². The van der Waals surface area contributed by atoms with E-state index in [0.717, 1.165) is 76.8 Å². The zero-order valence-electron chi connectivity index (χ0n) is 29.0. The zero-order chi connectivity index (χ0) is 34.7. The summed E-state index contributed by atoms with van der Waals surface area (Å²) >= 11 is 0. The predicted molar refractivity (Wildman–Crippen MR) is 211 cm³/mol. The fourth-order valence-corrected chi connectivity index (χ4v) is 8.36. The van der Waals surface area contributed by atoms with Crippen molar-refractivity contribution < 1.29 is 25.2 Å². The summed E-state index contributed by atoms with van der Waals surface area (Å²) in [5.41, 5.74) is 14.9. The smallest absolute Gasteiger partial charge is 0.497 e. The number of hydrogen-bond donors (Lipinski definition) is 0. The number of fused-ring (bicyclic) bond motifs is 16. The van der Waals surface area contributed by atoms with Crippen molar-refractivity contribution in [2.75, 3.05) is 0 Å². The Morgan fingerprint density at radius 1 is 0.547 bits per heavy atom. The molecule has 0 unspecified atom stereocenters. The zero-order valence-corrected chi connectivity index (χ0v) is 30.6. The Kier molecular flexibility index (Phi) is 6.97. The van der Waals surface area contributed by atoms with Crippen LogP contribution in [0.3, 0.4) is 0 Å². The molecule has 254 valence electrons. The molecule has 0 aliphatic carbocycles. The molecular weight excluding hydrogens is 745 g/mol. The van der Waals surface area contributed by atoms with Gasteiger partial charge < -0.3 is 13.5 Å². The van der Waals surface area contributed by atoms with E-state index in [9.17, 15) is 0 Å². The van der Waals surface area contributed by atoms with Crippen molar-refractivity contribution in [2.24, 2.45) is 0 Å². The summed E-state index contributed by atoms with van der Waals surface area (Å²) < 4.78 is 11.0. The first-order valence-electron chi connectivity index (χ1n) is 17.5. The predicted octanol–water partition coefficient (Wildman–Crippen LogP) is 11.3. The third kappa shape index (κ3) is 4.64. The van der Waals surface area contributed by atoms with Gasteiger partial charge in [-0.15, -0.1) is 12.1 Å². The molecule has 53 heavy (non-hydrogen) atoms. The van der Waals surface area contributed by atoms with E-state index >= 15 is 0 Å². The van der Waals surface area contributed by atoms with Gasteiger partial charge in [0.25, 0.3) is 0 Å². The van der Waals surface area contributed by atoms with Gasteiger partial charge in [-0.05, 0) is 90.9 Å². The van der Waals surface area contributed by atoms with Crippen LogP contribution in [0.4, 0.5) is 0 Å². The normalized spacial score (nSPS) is 11.9. The summed E-state index contributed by atoms with van der Waals surface area (Å²) in [5.74, 6) is 1.16. The molecule has 0 spiro atoms. The van der Waals surface area contributed by atoms with Crippen LogP contribution in [-0.4, -0.2) is 23.8 Å². The van der Waals surface area contributed by atoms with Gasteiger partial charge in [0.1, 0.15) is 0 Å². The van der Waals surface area contributed by atoms with Crippen molar-refractivity contribution in [3.05, 3.63) is 150 Å². The standard InChI is InChI=1S/C46H29N5O.Pd/c1-26-21-27(2)43(28(3)22-26)29-14-17-33-32-18-15-30(24-35(32)45-48-38-10-5-7-12-40(38)51(45)42(33)23-29)52-31-16-19-34-36(25-31)46-49-37-9-4-6-11-39(37)50(46)41-13-8-20-47-44(34)41;/h4-23H,1-3H3;/q-2;+2. The minimum absolute atomic E-state index is 0. The van der Waals surface area contributed by atoms with E-state index in [2.05, 4.69) is 115 Å². The van der Waals surface area contributed by atoms with Crippen LogP contribution in [0.15, 0.2) is 121 Å². The molecule has 6 aromatic carbocycles. The number of hydrogen-bond acceptors (Lipinski definition) is 4. The number of pyridine rings is 3. The van der Waals surface area contributed by atoms with Gasteiger partial charge >= 0.3 is 20.4 Å². The fraction of sp³-hybridized carbons (Fsp3) is 0.0652. The van der Waals surface area contributed by atoms with Gasteiger partial charge in [-0.2, -0.15) is 0 Å². The monoisotopic (exact) mass is 773 g/mol. The minimum Gasteiger partial charge on any atom is -0.497 e. The number of para-hydroxylation sites is 4. The maximum Gasteiger partial charge on any atom is 2.00 e. The molecule has 6 nitrogen and oxygen atoms in total. The number of benzene rings is 6. The van der Waals surface area contributed by atoms with E-state index in [1.807, 2.05) is 48.7 Å². The second-order valence-electron chi connectivity index (χ2n) is 13.7. The van der Waals surface area contributed by atoms with E-state index in [4.69, 9.17) is 19.7 Å². The molecule has 0 aliphatic heterocycles. The maximum atomic E-state index is 6.57. The first-order chi connectivity index (χ1) is 25.5. The van der Waals surface area contributed by atoms with Gasteiger partial charge in [0.15, 0.2) is 0 Å². The largest absolute Gasteiger partial charge is 2.00 e. The molecule has 0 N–H and O–H groups in total. The molecule has 0 radical (unpaired) electrons. The van der Waals surface area contributed by atoms with E-state index in [1.54, 1.807) is 0 Å². The number of ether oxygens (including phenoxy) is 1. The molecule has 0 aliphatic rings. The molecule has 0 bridgehead atoms. The molecule has 0 saturated heterocycles. The van der Waals surface area contributed by atoms with Crippen molar-refractivity contribution in [1.29, 1.82) is 0 Å². The number of aromatic nitrogens is 5. The van der Waals surface area contributed by atoms with Crippen LogP contribution in [0, 0.1) is 32.9 Å². The van der Waals surface area contributed by atoms with Crippen LogP contribution in [0.2, 0.25) is 0 Å². The van der Waals surface area contributed by atoms with Gasteiger partial charge in [-0.3, -0.25) is 15.0 Å². The Balaban J connectivity index is 0.00000349. The quantitative estimate of drug-likeness (QED) is 0.102. The average Bonchev–Trinajstić information content (AvgIpc) is 3.75. The molecule has 0 fully saturated rings. The van der Waals surface area contributed by atoms with E-state index in [0.29, 0.717) is 11.5 Å². The third-order valence-corrected chi connectivity index (χ3v) is 10.4. The molecule has 0 saturated carbocycles. The van der Waals surface area contributed by atoms with Gasteiger partial charge in [-0.25, -0.2) is 0 Å². The summed E-state index contributed by atoms with van der Waals surface area (Å²) in [6, 6.07) is 47.2. The van der Waals surface area contributed by atoms with E-state index in [1.165, 1.54) is 27.8 Å². The van der Waals surface area contributed by atoms with Crippen LogP contribution >= 0.6 is 0 Å². The van der Waals surface area contributed by atoms with Gasteiger partial charge in [0.2, 0.25) is 0 Å². The molecule has 11 rings (SSSR count). The Morgan fingerprint density at radius 2 is 1.11 bits per heavy atom. The van der Waals surface area contributed by atoms with Gasteiger partial charge in [-0.1, -0.05) is 99.9 Å². The van der Waals surface area contributed by atoms with Crippen LogP contribution in [0.25, 0.3) is 88.0 Å². The van der Waals surface area contributed by atoms with Crippen molar-refractivity contribution in [3.63, 3.8) is 0 Å². The summed E-state index contributed by atoms with van der Waals surface area (Å²) in [6.45, 7) is 6.55. The molecule has 11 aromatic rings.